The summed E-state index contributed by atoms with van der Waals surface area (Å²) in [6, 6.07) is 6.89. The number of aryl methyl sites for hydroxylation is 1. The fourth-order valence-electron chi connectivity index (χ4n) is 3.64. The molecule has 1 N–H and O–H groups in total. The van der Waals surface area contributed by atoms with E-state index < -0.39 is 0 Å². The first-order valence-corrected chi connectivity index (χ1v) is 9.03. The van der Waals surface area contributed by atoms with Crippen LogP contribution >= 0.6 is 0 Å². The molecule has 1 unspecified atom stereocenters. The van der Waals surface area contributed by atoms with Crippen LogP contribution in [-0.2, 0) is 6.54 Å². The van der Waals surface area contributed by atoms with Gasteiger partial charge in [-0.15, -0.1) is 0 Å². The molecular formula is C20H34N2O2. The van der Waals surface area contributed by atoms with Crippen molar-refractivity contribution in [3.8, 4) is 5.75 Å². The standard InChI is InChI=1S/C20H34N2O2/c1-16-12-17(6-7-19(16)24-5)13-21-9-10-22(15-20(2,3)4)18(14-21)8-11-23/h6-7,12,18,23H,8-11,13-15H2,1-5H3. The average molecular weight is 335 g/mol. The Morgan fingerprint density at radius 3 is 2.58 bits per heavy atom. The van der Waals surface area contributed by atoms with E-state index in [-0.39, 0.29) is 6.61 Å². The van der Waals surface area contributed by atoms with Crippen LogP contribution in [0.15, 0.2) is 18.2 Å². The molecule has 1 aliphatic rings. The maximum atomic E-state index is 9.45. The summed E-state index contributed by atoms with van der Waals surface area (Å²) in [6.45, 7) is 14.5. The smallest absolute Gasteiger partial charge is 0.121 e. The number of benzene rings is 1. The van der Waals surface area contributed by atoms with Gasteiger partial charge < -0.3 is 9.84 Å². The molecule has 4 nitrogen and oxygen atoms in total. The number of hydrogen-bond acceptors (Lipinski definition) is 4. The summed E-state index contributed by atoms with van der Waals surface area (Å²) in [6.07, 6.45) is 0.855. The number of aliphatic hydroxyl groups is 1. The van der Waals surface area contributed by atoms with E-state index in [4.69, 9.17) is 4.74 Å². The maximum Gasteiger partial charge on any atom is 0.121 e. The zero-order chi connectivity index (χ0) is 17.7. The largest absolute Gasteiger partial charge is 0.496 e. The van der Waals surface area contributed by atoms with Crippen LogP contribution in [0.3, 0.4) is 0 Å². The number of hydrogen-bond donors (Lipinski definition) is 1. The summed E-state index contributed by atoms with van der Waals surface area (Å²) in [5.74, 6) is 0.951. The van der Waals surface area contributed by atoms with Crippen molar-refractivity contribution < 1.29 is 9.84 Å². The third-order valence-corrected chi connectivity index (χ3v) is 4.69. The molecule has 0 spiro atoms. The number of rotatable bonds is 6. The molecule has 4 heteroatoms. The highest BCUT2D eigenvalue weighted by Gasteiger charge is 2.29. The zero-order valence-electron chi connectivity index (χ0n) is 16.0. The van der Waals surface area contributed by atoms with Crippen molar-refractivity contribution in [2.75, 3.05) is 39.9 Å². The fraction of sp³-hybridized carbons (Fsp3) is 0.700. The zero-order valence-corrected chi connectivity index (χ0v) is 16.0. The van der Waals surface area contributed by atoms with Crippen molar-refractivity contribution in [1.82, 2.24) is 9.80 Å². The molecule has 1 aliphatic heterocycles. The molecular weight excluding hydrogens is 300 g/mol. The van der Waals surface area contributed by atoms with E-state index in [1.54, 1.807) is 7.11 Å². The van der Waals surface area contributed by atoms with Gasteiger partial charge in [0.2, 0.25) is 0 Å². The van der Waals surface area contributed by atoms with Gasteiger partial charge in [-0.25, -0.2) is 0 Å². The van der Waals surface area contributed by atoms with Gasteiger partial charge in [0, 0.05) is 45.4 Å². The second-order valence-electron chi connectivity index (χ2n) is 8.24. The molecule has 0 aromatic heterocycles. The van der Waals surface area contributed by atoms with Crippen LogP contribution in [0, 0.1) is 12.3 Å². The molecule has 1 fully saturated rings. The van der Waals surface area contributed by atoms with Crippen LogP contribution in [0.5, 0.6) is 5.75 Å². The topological polar surface area (TPSA) is 35.9 Å². The number of methoxy groups -OCH3 is 1. The van der Waals surface area contributed by atoms with Gasteiger partial charge in [-0.3, -0.25) is 9.80 Å². The lowest BCUT2D eigenvalue weighted by molar-refractivity contribution is 0.0340. The molecule has 24 heavy (non-hydrogen) atoms. The molecule has 2 rings (SSSR count). The maximum absolute atomic E-state index is 9.45. The first-order chi connectivity index (χ1) is 11.3. The van der Waals surface area contributed by atoms with Crippen molar-refractivity contribution in [2.45, 2.75) is 46.7 Å². The van der Waals surface area contributed by atoms with Gasteiger partial charge in [0.05, 0.1) is 7.11 Å². The predicted octanol–water partition coefficient (Wildman–Crippen LogP) is 2.92. The minimum absolute atomic E-state index is 0.265. The Hall–Kier alpha value is -1.10. The third kappa shape index (κ3) is 5.47. The summed E-state index contributed by atoms with van der Waals surface area (Å²) in [7, 11) is 1.72. The van der Waals surface area contributed by atoms with Crippen LogP contribution in [0.4, 0.5) is 0 Å². The van der Waals surface area contributed by atoms with Crippen molar-refractivity contribution in [2.24, 2.45) is 5.41 Å². The summed E-state index contributed by atoms with van der Waals surface area (Å²) < 4.78 is 5.35. The van der Waals surface area contributed by atoms with E-state index in [2.05, 4.69) is 55.7 Å². The minimum Gasteiger partial charge on any atom is -0.496 e. The van der Waals surface area contributed by atoms with E-state index in [9.17, 15) is 5.11 Å². The van der Waals surface area contributed by atoms with Crippen LogP contribution < -0.4 is 4.74 Å². The Kier molecular flexibility index (Phi) is 6.67. The van der Waals surface area contributed by atoms with E-state index >= 15 is 0 Å². The first-order valence-electron chi connectivity index (χ1n) is 9.03. The summed E-state index contributed by atoms with van der Waals surface area (Å²) in [5.41, 5.74) is 2.82. The van der Waals surface area contributed by atoms with Gasteiger partial charge in [-0.2, -0.15) is 0 Å². The van der Waals surface area contributed by atoms with E-state index in [0.29, 0.717) is 11.5 Å². The van der Waals surface area contributed by atoms with Crippen molar-refractivity contribution in [1.29, 1.82) is 0 Å². The number of piperazine rings is 1. The van der Waals surface area contributed by atoms with Crippen LogP contribution in [-0.4, -0.2) is 60.8 Å². The Morgan fingerprint density at radius 2 is 2.00 bits per heavy atom. The highest BCUT2D eigenvalue weighted by molar-refractivity contribution is 5.36. The molecule has 136 valence electrons. The monoisotopic (exact) mass is 334 g/mol. The Bertz CT molecular complexity index is 525. The van der Waals surface area contributed by atoms with Crippen molar-refractivity contribution in [3.05, 3.63) is 29.3 Å². The normalized spacial score (nSPS) is 20.3. The van der Waals surface area contributed by atoms with Gasteiger partial charge in [0.1, 0.15) is 5.75 Å². The minimum atomic E-state index is 0.265. The Balaban J connectivity index is 1.99. The lowest BCUT2D eigenvalue weighted by atomic mass is 9.94. The summed E-state index contributed by atoms with van der Waals surface area (Å²) >= 11 is 0. The highest BCUT2D eigenvalue weighted by atomic mass is 16.5. The van der Waals surface area contributed by atoms with Crippen LogP contribution in [0.1, 0.15) is 38.3 Å². The number of ether oxygens (including phenoxy) is 1. The summed E-state index contributed by atoms with van der Waals surface area (Å²) in [4.78, 5) is 5.08. The highest BCUT2D eigenvalue weighted by Crippen LogP contribution is 2.23. The predicted molar refractivity (Wildman–Crippen MR) is 99.5 cm³/mol. The molecule has 0 aliphatic carbocycles. The van der Waals surface area contributed by atoms with Gasteiger partial charge in [-0.05, 0) is 36.0 Å². The molecule has 1 heterocycles. The number of aliphatic hydroxyl groups excluding tert-OH is 1. The summed E-state index contributed by atoms with van der Waals surface area (Å²) in [5, 5.41) is 9.45. The molecule has 0 bridgehead atoms. The van der Waals surface area contributed by atoms with Gasteiger partial charge >= 0.3 is 0 Å². The average Bonchev–Trinajstić information content (AvgIpc) is 2.49. The van der Waals surface area contributed by atoms with Crippen LogP contribution in [0.2, 0.25) is 0 Å². The quantitative estimate of drug-likeness (QED) is 0.868. The van der Waals surface area contributed by atoms with E-state index in [1.807, 2.05) is 0 Å². The molecule has 0 amide bonds. The first kappa shape index (κ1) is 19.2. The van der Waals surface area contributed by atoms with Crippen molar-refractivity contribution in [3.63, 3.8) is 0 Å². The van der Waals surface area contributed by atoms with Crippen molar-refractivity contribution >= 4 is 0 Å². The van der Waals surface area contributed by atoms with E-state index in [1.165, 1.54) is 11.1 Å². The molecule has 1 aromatic carbocycles. The molecule has 0 radical (unpaired) electrons. The fourth-order valence-corrected chi connectivity index (χ4v) is 3.64. The Labute approximate surface area is 147 Å². The molecule has 1 saturated heterocycles. The van der Waals surface area contributed by atoms with Crippen LogP contribution in [0.25, 0.3) is 0 Å². The molecule has 1 aromatic rings. The van der Waals surface area contributed by atoms with Gasteiger partial charge in [-0.1, -0.05) is 32.9 Å². The SMILES string of the molecule is COc1ccc(CN2CCN(CC(C)(C)C)C(CCO)C2)cc1C. The Morgan fingerprint density at radius 1 is 1.25 bits per heavy atom. The van der Waals surface area contributed by atoms with Gasteiger partial charge in [0.15, 0.2) is 0 Å². The lowest BCUT2D eigenvalue weighted by Gasteiger charge is -2.44. The van der Waals surface area contributed by atoms with E-state index in [0.717, 1.165) is 44.9 Å². The molecule has 0 saturated carbocycles. The third-order valence-electron chi connectivity index (χ3n) is 4.69. The number of nitrogens with zero attached hydrogens (tertiary/aromatic N) is 2. The molecule has 1 atom stereocenters. The second kappa shape index (κ2) is 8.32. The lowest BCUT2D eigenvalue weighted by Crippen LogP contribution is -2.54. The van der Waals surface area contributed by atoms with Gasteiger partial charge in [0.25, 0.3) is 0 Å². The second-order valence-corrected chi connectivity index (χ2v) is 8.24.